The summed E-state index contributed by atoms with van der Waals surface area (Å²) in [7, 11) is 0. The van der Waals surface area contributed by atoms with Gasteiger partial charge in [-0.15, -0.1) is 0 Å². The van der Waals surface area contributed by atoms with E-state index < -0.39 is 0 Å². The van der Waals surface area contributed by atoms with Gasteiger partial charge >= 0.3 is 0 Å². The van der Waals surface area contributed by atoms with Gasteiger partial charge in [0.25, 0.3) is 0 Å². The molecule has 0 amide bonds. The molecule has 2 atom stereocenters. The van der Waals surface area contributed by atoms with Crippen LogP contribution in [-0.4, -0.2) is 29.5 Å². The second-order valence-electron chi connectivity index (χ2n) is 6.21. The van der Waals surface area contributed by atoms with Crippen LogP contribution >= 0.6 is 0 Å². The van der Waals surface area contributed by atoms with Crippen molar-refractivity contribution in [3.8, 4) is 0 Å². The molecule has 2 aromatic rings. The molecule has 1 fully saturated rings. The van der Waals surface area contributed by atoms with Gasteiger partial charge in [0.05, 0.1) is 0 Å². The van der Waals surface area contributed by atoms with E-state index in [1.165, 1.54) is 55.5 Å². The van der Waals surface area contributed by atoms with Gasteiger partial charge in [-0.3, -0.25) is 0 Å². The SMILES string of the molecule is CC12CCCN(CCc3c1[nH]c1ccccc31)C2. The van der Waals surface area contributed by atoms with Crippen LogP contribution in [0, 0.1) is 0 Å². The average Bonchev–Trinajstić information content (AvgIpc) is 2.72. The van der Waals surface area contributed by atoms with E-state index in [-0.39, 0.29) is 0 Å². The summed E-state index contributed by atoms with van der Waals surface area (Å²) in [5.74, 6) is 0. The maximum atomic E-state index is 3.73. The molecule has 2 aliphatic rings. The summed E-state index contributed by atoms with van der Waals surface area (Å²) in [6.07, 6.45) is 3.86. The highest BCUT2D eigenvalue weighted by atomic mass is 15.1. The topological polar surface area (TPSA) is 19.0 Å². The smallest absolute Gasteiger partial charge is 0.0459 e. The number of aromatic amines is 1. The molecule has 2 aliphatic heterocycles. The molecule has 18 heavy (non-hydrogen) atoms. The molecule has 1 aromatic heterocycles. The number of rotatable bonds is 0. The molecule has 2 unspecified atom stereocenters. The Hall–Kier alpha value is -1.28. The number of benzene rings is 1. The molecule has 2 nitrogen and oxygen atoms in total. The predicted molar refractivity (Wildman–Crippen MR) is 75.0 cm³/mol. The fourth-order valence-electron chi connectivity index (χ4n) is 3.98. The lowest BCUT2D eigenvalue weighted by molar-refractivity contribution is 0.165. The van der Waals surface area contributed by atoms with Gasteiger partial charge in [0.1, 0.15) is 0 Å². The lowest BCUT2D eigenvalue weighted by Crippen LogP contribution is -2.43. The number of hydrogen-bond donors (Lipinski definition) is 1. The Balaban J connectivity index is 1.97. The lowest BCUT2D eigenvalue weighted by Gasteiger charge is -2.38. The van der Waals surface area contributed by atoms with Crippen molar-refractivity contribution in [2.24, 2.45) is 0 Å². The quantitative estimate of drug-likeness (QED) is 0.750. The zero-order valence-electron chi connectivity index (χ0n) is 11.0. The van der Waals surface area contributed by atoms with Crippen LogP contribution in [0.1, 0.15) is 31.0 Å². The van der Waals surface area contributed by atoms with E-state index in [1.54, 1.807) is 5.56 Å². The standard InChI is InChI=1S/C16H20N2/c1-16-8-4-9-18(11-16)10-7-13-12-5-2-3-6-14(12)17-15(13)16/h2-3,5-6,17H,4,7-11H2,1H3. The average molecular weight is 240 g/mol. The van der Waals surface area contributed by atoms with Gasteiger partial charge in [-0.25, -0.2) is 0 Å². The molecule has 4 rings (SSSR count). The van der Waals surface area contributed by atoms with Crippen LogP contribution in [0.3, 0.4) is 0 Å². The number of fused-ring (bicyclic) bond motifs is 6. The molecule has 2 bridgehead atoms. The summed E-state index contributed by atoms with van der Waals surface area (Å²) in [6.45, 7) is 6.19. The first-order valence-corrected chi connectivity index (χ1v) is 7.09. The van der Waals surface area contributed by atoms with E-state index >= 15 is 0 Å². The predicted octanol–water partition coefficient (Wildman–Crippen LogP) is 3.08. The van der Waals surface area contributed by atoms with Crippen molar-refractivity contribution in [1.29, 1.82) is 0 Å². The molecule has 1 aromatic carbocycles. The van der Waals surface area contributed by atoms with E-state index in [1.807, 2.05) is 0 Å². The minimum atomic E-state index is 0.336. The fraction of sp³-hybridized carbons (Fsp3) is 0.500. The first kappa shape index (κ1) is 10.6. The van der Waals surface area contributed by atoms with E-state index in [0.717, 1.165) is 0 Å². The third-order valence-electron chi connectivity index (χ3n) is 4.87. The highest BCUT2D eigenvalue weighted by Gasteiger charge is 2.38. The van der Waals surface area contributed by atoms with Crippen molar-refractivity contribution >= 4 is 10.9 Å². The Labute approximate surface area is 108 Å². The zero-order chi connectivity index (χ0) is 12.2. The Morgan fingerprint density at radius 1 is 1.22 bits per heavy atom. The van der Waals surface area contributed by atoms with E-state index in [4.69, 9.17) is 0 Å². The van der Waals surface area contributed by atoms with Gasteiger partial charge in [-0.2, -0.15) is 0 Å². The van der Waals surface area contributed by atoms with Crippen LogP contribution in [0.15, 0.2) is 24.3 Å². The van der Waals surface area contributed by atoms with Gasteiger partial charge in [0.15, 0.2) is 0 Å². The highest BCUT2D eigenvalue weighted by molar-refractivity contribution is 5.85. The Morgan fingerprint density at radius 3 is 3.06 bits per heavy atom. The minimum Gasteiger partial charge on any atom is -0.358 e. The fourth-order valence-corrected chi connectivity index (χ4v) is 3.98. The molecular weight excluding hydrogens is 220 g/mol. The van der Waals surface area contributed by atoms with Gasteiger partial charge < -0.3 is 9.88 Å². The first-order chi connectivity index (χ1) is 8.76. The molecule has 94 valence electrons. The molecule has 0 aliphatic carbocycles. The van der Waals surface area contributed by atoms with Gasteiger partial charge in [0.2, 0.25) is 0 Å². The van der Waals surface area contributed by atoms with E-state index in [0.29, 0.717) is 5.41 Å². The van der Waals surface area contributed by atoms with Crippen LogP contribution in [0.4, 0.5) is 0 Å². The maximum absolute atomic E-state index is 3.73. The van der Waals surface area contributed by atoms with Crippen LogP contribution in [-0.2, 0) is 11.8 Å². The first-order valence-electron chi connectivity index (χ1n) is 7.09. The summed E-state index contributed by atoms with van der Waals surface area (Å²) in [6, 6.07) is 8.79. The minimum absolute atomic E-state index is 0.336. The van der Waals surface area contributed by atoms with Crippen molar-refractivity contribution in [2.45, 2.75) is 31.6 Å². The summed E-state index contributed by atoms with van der Waals surface area (Å²) in [5, 5.41) is 1.45. The lowest BCUT2D eigenvalue weighted by atomic mass is 9.78. The second-order valence-corrected chi connectivity index (χ2v) is 6.21. The molecule has 0 saturated carbocycles. The van der Waals surface area contributed by atoms with Gasteiger partial charge in [0, 0.05) is 35.1 Å². The van der Waals surface area contributed by atoms with Gasteiger partial charge in [-0.05, 0) is 37.4 Å². The van der Waals surface area contributed by atoms with E-state index in [9.17, 15) is 0 Å². The third kappa shape index (κ3) is 1.39. The Morgan fingerprint density at radius 2 is 2.11 bits per heavy atom. The number of para-hydroxylation sites is 1. The normalized spacial score (nSPS) is 31.1. The molecule has 0 spiro atoms. The molecular formula is C16H20N2. The zero-order valence-corrected chi connectivity index (χ0v) is 11.0. The van der Waals surface area contributed by atoms with Crippen LogP contribution < -0.4 is 0 Å². The van der Waals surface area contributed by atoms with Crippen molar-refractivity contribution in [3.63, 3.8) is 0 Å². The second kappa shape index (κ2) is 3.61. The largest absolute Gasteiger partial charge is 0.358 e. The number of nitrogens with zero attached hydrogens (tertiary/aromatic N) is 1. The summed E-state index contributed by atoms with van der Waals surface area (Å²) in [5.41, 5.74) is 4.76. The number of piperidine rings is 1. The van der Waals surface area contributed by atoms with Crippen molar-refractivity contribution in [2.75, 3.05) is 19.6 Å². The van der Waals surface area contributed by atoms with E-state index in [2.05, 4.69) is 41.1 Å². The molecule has 2 heteroatoms. The Kier molecular flexibility index (Phi) is 2.13. The molecule has 1 saturated heterocycles. The van der Waals surface area contributed by atoms with Crippen molar-refractivity contribution in [3.05, 3.63) is 35.5 Å². The van der Waals surface area contributed by atoms with Gasteiger partial charge in [-0.1, -0.05) is 25.1 Å². The molecule has 1 N–H and O–H groups in total. The summed E-state index contributed by atoms with van der Waals surface area (Å²) >= 11 is 0. The number of aromatic nitrogens is 1. The number of H-pyrrole nitrogens is 1. The summed E-state index contributed by atoms with van der Waals surface area (Å²) in [4.78, 5) is 6.37. The maximum Gasteiger partial charge on any atom is 0.0459 e. The summed E-state index contributed by atoms with van der Waals surface area (Å²) < 4.78 is 0. The van der Waals surface area contributed by atoms with Crippen LogP contribution in [0.2, 0.25) is 0 Å². The van der Waals surface area contributed by atoms with Crippen molar-refractivity contribution < 1.29 is 0 Å². The van der Waals surface area contributed by atoms with Crippen LogP contribution in [0.25, 0.3) is 10.9 Å². The highest BCUT2D eigenvalue weighted by Crippen LogP contribution is 2.40. The monoisotopic (exact) mass is 240 g/mol. The molecule has 0 radical (unpaired) electrons. The molecule has 3 heterocycles. The number of nitrogens with one attached hydrogen (secondary N) is 1. The third-order valence-corrected chi connectivity index (χ3v) is 4.87. The Bertz CT molecular complexity index is 598. The number of hydrogen-bond acceptors (Lipinski definition) is 1. The van der Waals surface area contributed by atoms with Crippen molar-refractivity contribution in [1.82, 2.24) is 9.88 Å². The van der Waals surface area contributed by atoms with Crippen LogP contribution in [0.5, 0.6) is 0 Å².